The van der Waals surface area contributed by atoms with Crippen LogP contribution in [0.4, 0.5) is 0 Å². The minimum absolute atomic E-state index is 0.825. The number of rotatable bonds is 3. The third kappa shape index (κ3) is 3.60. The fourth-order valence-corrected chi connectivity index (χ4v) is 3.44. The van der Waals surface area contributed by atoms with Crippen LogP contribution in [0.1, 0.15) is 24.0 Å². The SMILES string of the molecule is Cc1ccc(CN2CCC(N3CCNCC3)CC2)cc1. The van der Waals surface area contributed by atoms with Gasteiger partial charge in [-0.3, -0.25) is 9.80 Å². The molecule has 0 radical (unpaired) electrons. The van der Waals surface area contributed by atoms with E-state index >= 15 is 0 Å². The molecule has 2 heterocycles. The van der Waals surface area contributed by atoms with E-state index in [1.807, 2.05) is 0 Å². The van der Waals surface area contributed by atoms with Crippen LogP contribution in [0.15, 0.2) is 24.3 Å². The second-order valence-electron chi connectivity index (χ2n) is 6.28. The van der Waals surface area contributed by atoms with Crippen LogP contribution >= 0.6 is 0 Å². The molecule has 0 bridgehead atoms. The van der Waals surface area contributed by atoms with Crippen LogP contribution in [-0.4, -0.2) is 55.1 Å². The van der Waals surface area contributed by atoms with Crippen molar-refractivity contribution in [1.29, 1.82) is 0 Å². The van der Waals surface area contributed by atoms with E-state index in [1.165, 1.54) is 63.2 Å². The van der Waals surface area contributed by atoms with Crippen molar-refractivity contribution in [3.63, 3.8) is 0 Å². The number of benzene rings is 1. The first-order chi connectivity index (χ1) is 9.81. The van der Waals surface area contributed by atoms with E-state index in [2.05, 4.69) is 46.3 Å². The van der Waals surface area contributed by atoms with Crippen LogP contribution in [0.3, 0.4) is 0 Å². The first-order valence-corrected chi connectivity index (χ1v) is 8.04. The van der Waals surface area contributed by atoms with E-state index in [-0.39, 0.29) is 0 Å². The lowest BCUT2D eigenvalue weighted by Gasteiger charge is -2.40. The normalized spacial score (nSPS) is 23.1. The summed E-state index contributed by atoms with van der Waals surface area (Å²) in [4.78, 5) is 5.31. The highest BCUT2D eigenvalue weighted by Gasteiger charge is 2.25. The molecular formula is C17H27N3. The molecule has 0 saturated carbocycles. The molecule has 0 atom stereocenters. The molecule has 1 aromatic carbocycles. The summed E-state index contributed by atoms with van der Waals surface area (Å²) in [6.07, 6.45) is 2.68. The van der Waals surface area contributed by atoms with Crippen molar-refractivity contribution in [2.24, 2.45) is 0 Å². The molecule has 0 spiro atoms. The predicted octanol–water partition coefficient (Wildman–Crippen LogP) is 1.86. The summed E-state index contributed by atoms with van der Waals surface area (Å²) in [6, 6.07) is 9.83. The zero-order valence-electron chi connectivity index (χ0n) is 12.6. The van der Waals surface area contributed by atoms with Crippen molar-refractivity contribution in [3.8, 4) is 0 Å². The Morgan fingerprint density at radius 1 is 1.00 bits per heavy atom. The topological polar surface area (TPSA) is 18.5 Å². The first kappa shape index (κ1) is 14.1. The molecule has 2 saturated heterocycles. The maximum atomic E-state index is 3.45. The molecule has 3 nitrogen and oxygen atoms in total. The summed E-state index contributed by atoms with van der Waals surface area (Å²) in [5.41, 5.74) is 2.81. The van der Waals surface area contributed by atoms with E-state index in [0.717, 1.165) is 12.6 Å². The van der Waals surface area contributed by atoms with Gasteiger partial charge in [0, 0.05) is 38.8 Å². The molecule has 110 valence electrons. The van der Waals surface area contributed by atoms with E-state index < -0.39 is 0 Å². The fourth-order valence-electron chi connectivity index (χ4n) is 3.44. The maximum absolute atomic E-state index is 3.45. The van der Waals surface area contributed by atoms with Gasteiger partial charge in [-0.05, 0) is 38.4 Å². The zero-order valence-corrected chi connectivity index (χ0v) is 12.6. The summed E-state index contributed by atoms with van der Waals surface area (Å²) in [5, 5.41) is 3.45. The first-order valence-electron chi connectivity index (χ1n) is 8.04. The molecule has 0 aromatic heterocycles. The smallest absolute Gasteiger partial charge is 0.0233 e. The Kier molecular flexibility index (Phi) is 4.71. The van der Waals surface area contributed by atoms with Crippen LogP contribution in [0, 0.1) is 6.92 Å². The number of hydrogen-bond acceptors (Lipinski definition) is 3. The summed E-state index contributed by atoms with van der Waals surface area (Å²) in [6.45, 7) is 10.6. The number of likely N-dealkylation sites (tertiary alicyclic amines) is 1. The third-order valence-corrected chi connectivity index (χ3v) is 4.75. The van der Waals surface area contributed by atoms with Crippen LogP contribution < -0.4 is 5.32 Å². The number of nitrogens with one attached hydrogen (secondary N) is 1. The van der Waals surface area contributed by atoms with Gasteiger partial charge in [0.05, 0.1) is 0 Å². The summed E-state index contributed by atoms with van der Waals surface area (Å²) in [5.74, 6) is 0. The van der Waals surface area contributed by atoms with Crippen molar-refractivity contribution in [2.75, 3.05) is 39.3 Å². The van der Waals surface area contributed by atoms with Gasteiger partial charge >= 0.3 is 0 Å². The quantitative estimate of drug-likeness (QED) is 0.907. The third-order valence-electron chi connectivity index (χ3n) is 4.75. The highest BCUT2D eigenvalue weighted by molar-refractivity contribution is 5.21. The van der Waals surface area contributed by atoms with Crippen LogP contribution in [0.5, 0.6) is 0 Å². The Bertz CT molecular complexity index is 401. The second kappa shape index (κ2) is 6.70. The summed E-state index contributed by atoms with van der Waals surface area (Å²) in [7, 11) is 0. The highest BCUT2D eigenvalue weighted by atomic mass is 15.2. The van der Waals surface area contributed by atoms with Gasteiger partial charge in [-0.1, -0.05) is 29.8 Å². The Hall–Kier alpha value is -0.900. The lowest BCUT2D eigenvalue weighted by Crippen LogP contribution is -2.51. The van der Waals surface area contributed by atoms with Crippen molar-refractivity contribution < 1.29 is 0 Å². The van der Waals surface area contributed by atoms with Crippen molar-refractivity contribution in [3.05, 3.63) is 35.4 Å². The highest BCUT2D eigenvalue weighted by Crippen LogP contribution is 2.19. The molecule has 3 rings (SSSR count). The van der Waals surface area contributed by atoms with Gasteiger partial charge in [-0.15, -0.1) is 0 Å². The number of piperidine rings is 1. The van der Waals surface area contributed by atoms with Crippen LogP contribution in [0.25, 0.3) is 0 Å². The largest absolute Gasteiger partial charge is 0.314 e. The predicted molar refractivity (Wildman–Crippen MR) is 83.9 cm³/mol. The number of hydrogen-bond donors (Lipinski definition) is 1. The van der Waals surface area contributed by atoms with E-state index in [1.54, 1.807) is 0 Å². The van der Waals surface area contributed by atoms with Gasteiger partial charge in [-0.25, -0.2) is 0 Å². The molecule has 0 unspecified atom stereocenters. The minimum Gasteiger partial charge on any atom is -0.314 e. The van der Waals surface area contributed by atoms with Gasteiger partial charge in [0.2, 0.25) is 0 Å². The van der Waals surface area contributed by atoms with Crippen molar-refractivity contribution in [2.45, 2.75) is 32.4 Å². The standard InChI is InChI=1S/C17H27N3/c1-15-2-4-16(5-3-15)14-19-10-6-17(7-11-19)20-12-8-18-9-13-20/h2-5,17-18H,6-14H2,1H3. The van der Waals surface area contributed by atoms with Crippen LogP contribution in [0.2, 0.25) is 0 Å². The Balaban J connectivity index is 1.47. The summed E-state index contributed by atoms with van der Waals surface area (Å²) < 4.78 is 0. The van der Waals surface area contributed by atoms with E-state index in [4.69, 9.17) is 0 Å². The lowest BCUT2D eigenvalue weighted by molar-refractivity contribution is 0.0948. The van der Waals surface area contributed by atoms with Gasteiger partial charge in [0.15, 0.2) is 0 Å². The monoisotopic (exact) mass is 273 g/mol. The fraction of sp³-hybridized carbons (Fsp3) is 0.647. The molecule has 2 aliphatic heterocycles. The van der Waals surface area contributed by atoms with E-state index in [0.29, 0.717) is 0 Å². The Labute approximate surface area is 123 Å². The minimum atomic E-state index is 0.825. The van der Waals surface area contributed by atoms with Gasteiger partial charge in [0.1, 0.15) is 0 Å². The van der Waals surface area contributed by atoms with Crippen molar-refractivity contribution in [1.82, 2.24) is 15.1 Å². The number of piperazine rings is 1. The van der Waals surface area contributed by atoms with Gasteiger partial charge < -0.3 is 5.32 Å². The molecule has 2 aliphatic rings. The molecule has 1 aromatic rings. The molecular weight excluding hydrogens is 246 g/mol. The van der Waals surface area contributed by atoms with Crippen molar-refractivity contribution >= 4 is 0 Å². The average molecular weight is 273 g/mol. The number of aryl methyl sites for hydroxylation is 1. The van der Waals surface area contributed by atoms with E-state index in [9.17, 15) is 0 Å². The second-order valence-corrected chi connectivity index (χ2v) is 6.28. The molecule has 1 N–H and O–H groups in total. The average Bonchev–Trinajstić information content (AvgIpc) is 2.51. The van der Waals surface area contributed by atoms with Crippen LogP contribution in [-0.2, 0) is 6.54 Å². The maximum Gasteiger partial charge on any atom is 0.0233 e. The zero-order chi connectivity index (χ0) is 13.8. The molecule has 3 heteroatoms. The Morgan fingerprint density at radius 3 is 2.30 bits per heavy atom. The van der Waals surface area contributed by atoms with Gasteiger partial charge in [-0.2, -0.15) is 0 Å². The molecule has 20 heavy (non-hydrogen) atoms. The molecule has 0 amide bonds. The molecule has 0 aliphatic carbocycles. The van der Waals surface area contributed by atoms with Gasteiger partial charge in [0.25, 0.3) is 0 Å². The summed E-state index contributed by atoms with van der Waals surface area (Å²) >= 11 is 0. The molecule has 2 fully saturated rings. The Morgan fingerprint density at radius 2 is 1.65 bits per heavy atom. The number of nitrogens with zero attached hydrogens (tertiary/aromatic N) is 2. The lowest BCUT2D eigenvalue weighted by atomic mass is 10.0.